The lowest BCUT2D eigenvalue weighted by Gasteiger charge is -2.39. The zero-order chi connectivity index (χ0) is 41.9. The van der Waals surface area contributed by atoms with Gasteiger partial charge >= 0.3 is 0 Å². The van der Waals surface area contributed by atoms with Crippen molar-refractivity contribution < 1.29 is 4.74 Å². The minimum Gasteiger partial charge on any atom is -0.457 e. The van der Waals surface area contributed by atoms with Crippen molar-refractivity contribution in [3.05, 3.63) is 234 Å². The fraction of sp³-hybridized carbons (Fsp3) is 0.0678. The van der Waals surface area contributed by atoms with Gasteiger partial charge in [-0.2, -0.15) is 0 Å². The molecule has 1 aromatic heterocycles. The van der Waals surface area contributed by atoms with Gasteiger partial charge in [0.05, 0.1) is 5.41 Å². The van der Waals surface area contributed by atoms with Gasteiger partial charge in [-0.15, -0.1) is 0 Å². The van der Waals surface area contributed by atoms with E-state index in [1.54, 1.807) is 0 Å². The van der Waals surface area contributed by atoms with Crippen LogP contribution >= 0.6 is 0 Å². The quantitative estimate of drug-likeness (QED) is 0.178. The summed E-state index contributed by atoms with van der Waals surface area (Å²) in [6.07, 6.45) is 0. The van der Waals surface area contributed by atoms with E-state index in [9.17, 15) is 0 Å². The molecule has 4 heteroatoms. The Labute approximate surface area is 366 Å². The maximum Gasteiger partial charge on any atom is 0.164 e. The third-order valence-corrected chi connectivity index (χ3v) is 13.8. The predicted molar refractivity (Wildman–Crippen MR) is 254 cm³/mol. The highest BCUT2D eigenvalue weighted by Gasteiger charge is 2.53. The molecule has 0 radical (unpaired) electrons. The van der Waals surface area contributed by atoms with Crippen LogP contribution in [0.1, 0.15) is 47.2 Å². The van der Waals surface area contributed by atoms with Crippen molar-refractivity contribution in [3.63, 3.8) is 0 Å². The number of fused-ring (bicyclic) bond motifs is 14. The van der Waals surface area contributed by atoms with Gasteiger partial charge in [-0.25, -0.2) is 15.0 Å². The van der Waals surface area contributed by atoms with E-state index >= 15 is 0 Å². The van der Waals surface area contributed by atoms with Crippen molar-refractivity contribution >= 4 is 10.8 Å². The van der Waals surface area contributed by atoms with Crippen LogP contribution in [0.25, 0.3) is 78.3 Å². The van der Waals surface area contributed by atoms with Gasteiger partial charge in [0.1, 0.15) is 11.5 Å². The minimum atomic E-state index is -0.502. The average Bonchev–Trinajstić information content (AvgIpc) is 3.76. The maximum absolute atomic E-state index is 6.61. The zero-order valence-corrected chi connectivity index (χ0v) is 34.8. The molecule has 4 nitrogen and oxygen atoms in total. The first kappa shape index (κ1) is 35.8. The number of nitrogens with zero attached hydrogens (tertiary/aromatic N) is 3. The molecule has 0 atom stereocenters. The second-order valence-corrected chi connectivity index (χ2v) is 17.5. The predicted octanol–water partition coefficient (Wildman–Crippen LogP) is 14.5. The molecule has 63 heavy (non-hydrogen) atoms. The first-order valence-corrected chi connectivity index (χ1v) is 21.7. The fourth-order valence-electron chi connectivity index (χ4n) is 10.8. The average molecular weight is 806 g/mol. The molecule has 0 amide bonds. The fourth-order valence-corrected chi connectivity index (χ4v) is 10.8. The van der Waals surface area contributed by atoms with Gasteiger partial charge in [0, 0.05) is 33.2 Å². The third-order valence-electron chi connectivity index (χ3n) is 13.8. The molecule has 9 aromatic carbocycles. The summed E-state index contributed by atoms with van der Waals surface area (Å²) in [5.74, 6) is 3.77. The van der Waals surface area contributed by atoms with Crippen LogP contribution in [0.4, 0.5) is 0 Å². The van der Waals surface area contributed by atoms with E-state index in [0.29, 0.717) is 17.5 Å². The van der Waals surface area contributed by atoms with Crippen LogP contribution in [0.15, 0.2) is 200 Å². The second kappa shape index (κ2) is 13.3. The van der Waals surface area contributed by atoms with Crippen LogP contribution in [-0.2, 0) is 10.8 Å². The standard InChI is InChI=1S/C59H39N3O/c1-58(2)48-32-33-49-54(43-18-8-9-19-45(43)59(49)46-20-10-12-22-51(46)63-52-23-13-11-21-47(52)59)53(48)44-31-30-41(35-50(44)58)37-24-27-39(28-25-37)56-60-55(38-15-4-3-5-16-38)61-57(62-56)42-29-26-36-14-6-7-17-40(36)34-42/h3-35H,1-2H3. The highest BCUT2D eigenvalue weighted by molar-refractivity contribution is 6.01. The van der Waals surface area contributed by atoms with Crippen molar-refractivity contribution in [2.24, 2.45) is 0 Å². The summed E-state index contributed by atoms with van der Waals surface area (Å²) < 4.78 is 6.61. The lowest BCUT2D eigenvalue weighted by molar-refractivity contribution is 0.436. The maximum atomic E-state index is 6.61. The molecule has 0 saturated carbocycles. The molecular weight excluding hydrogens is 767 g/mol. The molecule has 296 valence electrons. The number of rotatable bonds is 4. The summed E-state index contributed by atoms with van der Waals surface area (Å²) in [5.41, 5.74) is 17.4. The first-order valence-electron chi connectivity index (χ1n) is 21.7. The molecule has 10 aromatic rings. The molecule has 0 fully saturated rings. The zero-order valence-electron chi connectivity index (χ0n) is 34.8. The Kier molecular flexibility index (Phi) is 7.54. The topological polar surface area (TPSA) is 47.9 Å². The van der Waals surface area contributed by atoms with Gasteiger partial charge in [-0.3, -0.25) is 0 Å². The Morgan fingerprint density at radius 2 is 0.841 bits per heavy atom. The van der Waals surface area contributed by atoms with Gasteiger partial charge in [0.25, 0.3) is 0 Å². The molecule has 1 spiro atoms. The largest absolute Gasteiger partial charge is 0.457 e. The Balaban J connectivity index is 0.921. The highest BCUT2D eigenvalue weighted by atomic mass is 16.5. The number of ether oxygens (including phenoxy) is 1. The molecule has 2 aliphatic carbocycles. The summed E-state index contributed by atoms with van der Waals surface area (Å²) in [7, 11) is 0. The molecule has 1 aliphatic heterocycles. The molecule has 3 aliphatic rings. The molecule has 2 heterocycles. The Morgan fingerprint density at radius 3 is 1.57 bits per heavy atom. The number of hydrogen-bond donors (Lipinski definition) is 0. The number of aromatic nitrogens is 3. The minimum absolute atomic E-state index is 0.219. The summed E-state index contributed by atoms with van der Waals surface area (Å²) in [6.45, 7) is 4.76. The Hall–Kier alpha value is -7.95. The molecule has 13 rings (SSSR count). The second-order valence-electron chi connectivity index (χ2n) is 17.5. The summed E-state index contributed by atoms with van der Waals surface area (Å²) in [4.78, 5) is 15.1. The van der Waals surface area contributed by atoms with E-state index in [4.69, 9.17) is 19.7 Å². The summed E-state index contributed by atoms with van der Waals surface area (Å²) in [5, 5.41) is 2.33. The van der Waals surface area contributed by atoms with Gasteiger partial charge in [-0.1, -0.05) is 190 Å². The molecule has 0 saturated heterocycles. The summed E-state index contributed by atoms with van der Waals surface area (Å²) >= 11 is 0. The van der Waals surface area contributed by atoms with Gasteiger partial charge in [0.2, 0.25) is 0 Å². The van der Waals surface area contributed by atoms with E-state index in [-0.39, 0.29) is 5.41 Å². The molecule has 0 unspecified atom stereocenters. The van der Waals surface area contributed by atoms with Gasteiger partial charge in [0.15, 0.2) is 17.5 Å². The normalized spacial score (nSPS) is 14.3. The van der Waals surface area contributed by atoms with E-state index in [2.05, 4.69) is 184 Å². The van der Waals surface area contributed by atoms with Crippen LogP contribution in [-0.4, -0.2) is 15.0 Å². The molecular formula is C59H39N3O. The van der Waals surface area contributed by atoms with E-state index in [1.807, 2.05) is 30.3 Å². The van der Waals surface area contributed by atoms with Crippen molar-refractivity contribution in [2.75, 3.05) is 0 Å². The molecule has 0 bridgehead atoms. The van der Waals surface area contributed by atoms with Crippen LogP contribution < -0.4 is 4.74 Å². The van der Waals surface area contributed by atoms with Crippen LogP contribution in [0.3, 0.4) is 0 Å². The van der Waals surface area contributed by atoms with Crippen molar-refractivity contribution in [3.8, 4) is 79.0 Å². The van der Waals surface area contributed by atoms with Crippen LogP contribution in [0.2, 0.25) is 0 Å². The smallest absolute Gasteiger partial charge is 0.164 e. The van der Waals surface area contributed by atoms with E-state index in [0.717, 1.165) is 39.1 Å². The highest BCUT2D eigenvalue weighted by Crippen LogP contribution is 2.65. The van der Waals surface area contributed by atoms with Gasteiger partial charge in [-0.05, 0) is 90.7 Å². The lowest BCUT2D eigenvalue weighted by atomic mass is 9.66. The SMILES string of the molecule is CC1(C)c2cc(-c3ccc(-c4nc(-c5ccccc5)nc(-c5ccc6ccccc6c5)n4)cc3)ccc2-c2c1ccc1c2-c2ccccc2C12c1ccccc1Oc1ccccc12. The van der Waals surface area contributed by atoms with Crippen LogP contribution in [0.5, 0.6) is 11.5 Å². The lowest BCUT2D eigenvalue weighted by Crippen LogP contribution is -2.32. The van der Waals surface area contributed by atoms with Crippen molar-refractivity contribution in [1.29, 1.82) is 0 Å². The number of benzene rings is 9. The van der Waals surface area contributed by atoms with Crippen molar-refractivity contribution in [2.45, 2.75) is 24.7 Å². The summed E-state index contributed by atoms with van der Waals surface area (Å²) in [6, 6.07) is 71.7. The van der Waals surface area contributed by atoms with Gasteiger partial charge < -0.3 is 4.74 Å². The van der Waals surface area contributed by atoms with Crippen LogP contribution in [0, 0.1) is 0 Å². The number of para-hydroxylation sites is 2. The third kappa shape index (κ3) is 5.12. The monoisotopic (exact) mass is 805 g/mol. The Morgan fingerprint density at radius 1 is 0.333 bits per heavy atom. The van der Waals surface area contributed by atoms with E-state index in [1.165, 1.54) is 66.6 Å². The number of hydrogen-bond acceptors (Lipinski definition) is 4. The Bertz CT molecular complexity index is 3470. The molecule has 0 N–H and O–H groups in total. The first-order chi connectivity index (χ1) is 31.0. The van der Waals surface area contributed by atoms with Crippen molar-refractivity contribution in [1.82, 2.24) is 15.0 Å². The van der Waals surface area contributed by atoms with E-state index < -0.39 is 5.41 Å².